The van der Waals surface area contributed by atoms with Crippen LogP contribution < -0.4 is 16.0 Å². The van der Waals surface area contributed by atoms with E-state index in [2.05, 4.69) is 53.0 Å². The van der Waals surface area contributed by atoms with Crippen LogP contribution >= 0.6 is 0 Å². The number of hydrogen-bond acceptors (Lipinski definition) is 3. The summed E-state index contributed by atoms with van der Waals surface area (Å²) in [5.74, 6) is 1.30. The molecule has 6 nitrogen and oxygen atoms in total. The molecule has 0 atom stereocenters. The highest BCUT2D eigenvalue weighted by Crippen LogP contribution is 2.10. The molecule has 0 saturated carbocycles. The van der Waals surface area contributed by atoms with Crippen LogP contribution in [0, 0.1) is 13.8 Å². The van der Waals surface area contributed by atoms with Gasteiger partial charge < -0.3 is 20.4 Å². The molecule has 0 aliphatic rings. The van der Waals surface area contributed by atoms with Gasteiger partial charge in [0.05, 0.1) is 12.8 Å². The first kappa shape index (κ1) is 21.2. The van der Waals surface area contributed by atoms with Gasteiger partial charge in [0.15, 0.2) is 5.96 Å². The number of nitrogens with one attached hydrogen (secondary N) is 3. The van der Waals surface area contributed by atoms with Crippen LogP contribution in [0.2, 0.25) is 0 Å². The molecule has 0 unspecified atom stereocenters. The zero-order valence-electron chi connectivity index (χ0n) is 17.7. The van der Waals surface area contributed by atoms with Gasteiger partial charge in [-0.15, -0.1) is 0 Å². The second-order valence-corrected chi connectivity index (χ2v) is 7.17. The molecule has 0 fully saturated rings. The fraction of sp³-hybridized carbons (Fsp3) is 0.250. The van der Waals surface area contributed by atoms with E-state index in [-0.39, 0.29) is 5.91 Å². The highest BCUT2D eigenvalue weighted by Gasteiger charge is 2.08. The SMILES string of the molecule is CN=C(NCc1cccc(C(=O)NCc2ccco2)c1)NCc1ccc(C)cc1C. The van der Waals surface area contributed by atoms with Crippen molar-refractivity contribution in [2.24, 2.45) is 4.99 Å². The molecule has 0 radical (unpaired) electrons. The summed E-state index contributed by atoms with van der Waals surface area (Å²) in [6.07, 6.45) is 1.59. The molecule has 0 spiro atoms. The highest BCUT2D eigenvalue weighted by molar-refractivity contribution is 5.94. The van der Waals surface area contributed by atoms with Gasteiger partial charge >= 0.3 is 0 Å². The minimum absolute atomic E-state index is 0.134. The fourth-order valence-electron chi connectivity index (χ4n) is 3.13. The maximum atomic E-state index is 12.4. The Bertz CT molecular complexity index is 1010. The molecule has 1 amide bonds. The van der Waals surface area contributed by atoms with Gasteiger partial charge in [-0.1, -0.05) is 35.9 Å². The first-order valence-electron chi connectivity index (χ1n) is 9.95. The number of guanidine groups is 1. The van der Waals surface area contributed by atoms with Gasteiger partial charge in [0.25, 0.3) is 5.91 Å². The van der Waals surface area contributed by atoms with Gasteiger partial charge in [-0.25, -0.2) is 0 Å². The van der Waals surface area contributed by atoms with Crippen molar-refractivity contribution in [2.45, 2.75) is 33.5 Å². The van der Waals surface area contributed by atoms with Crippen LogP contribution in [-0.4, -0.2) is 18.9 Å². The number of carbonyl (C=O) groups excluding carboxylic acids is 1. The molecular formula is C24H28N4O2. The van der Waals surface area contributed by atoms with Crippen molar-refractivity contribution in [3.63, 3.8) is 0 Å². The third kappa shape index (κ3) is 5.98. The molecule has 0 aliphatic carbocycles. The third-order valence-corrected chi connectivity index (χ3v) is 4.82. The summed E-state index contributed by atoms with van der Waals surface area (Å²) in [4.78, 5) is 16.7. The predicted octanol–water partition coefficient (Wildman–Crippen LogP) is 3.69. The molecule has 0 bridgehead atoms. The standard InChI is InChI=1S/C24H28N4O2/c1-17-9-10-21(18(2)12-17)15-28-24(25-3)27-14-19-6-4-7-20(13-19)23(29)26-16-22-8-5-11-30-22/h4-13H,14-16H2,1-3H3,(H,26,29)(H2,25,27,28). The Morgan fingerprint density at radius 2 is 1.77 bits per heavy atom. The Labute approximate surface area is 177 Å². The summed E-state index contributed by atoms with van der Waals surface area (Å²) in [6.45, 7) is 5.83. The average Bonchev–Trinajstić information content (AvgIpc) is 3.27. The zero-order chi connectivity index (χ0) is 21.3. The first-order valence-corrected chi connectivity index (χ1v) is 9.95. The molecule has 3 aromatic rings. The summed E-state index contributed by atoms with van der Waals surface area (Å²) in [5, 5.41) is 9.50. The molecule has 156 valence electrons. The van der Waals surface area contributed by atoms with E-state index in [1.165, 1.54) is 16.7 Å². The highest BCUT2D eigenvalue weighted by atomic mass is 16.3. The van der Waals surface area contributed by atoms with E-state index < -0.39 is 0 Å². The fourth-order valence-corrected chi connectivity index (χ4v) is 3.13. The molecule has 6 heteroatoms. The van der Waals surface area contributed by atoms with Gasteiger partial charge in [-0.2, -0.15) is 0 Å². The lowest BCUT2D eigenvalue weighted by atomic mass is 10.1. The lowest BCUT2D eigenvalue weighted by Gasteiger charge is -2.14. The van der Waals surface area contributed by atoms with Gasteiger partial charge in [-0.05, 0) is 54.8 Å². The quantitative estimate of drug-likeness (QED) is 0.415. The first-order chi connectivity index (χ1) is 14.5. The Morgan fingerprint density at radius 1 is 0.933 bits per heavy atom. The van der Waals surface area contributed by atoms with Gasteiger partial charge in [0, 0.05) is 25.7 Å². The van der Waals surface area contributed by atoms with Crippen molar-refractivity contribution in [2.75, 3.05) is 7.05 Å². The number of nitrogens with zero attached hydrogens (tertiary/aromatic N) is 1. The van der Waals surface area contributed by atoms with Crippen LogP contribution in [-0.2, 0) is 19.6 Å². The van der Waals surface area contributed by atoms with Crippen LogP contribution in [0.3, 0.4) is 0 Å². The predicted molar refractivity (Wildman–Crippen MR) is 119 cm³/mol. The second-order valence-electron chi connectivity index (χ2n) is 7.17. The number of hydrogen-bond donors (Lipinski definition) is 3. The minimum atomic E-state index is -0.134. The van der Waals surface area contributed by atoms with Crippen molar-refractivity contribution >= 4 is 11.9 Å². The lowest BCUT2D eigenvalue weighted by Crippen LogP contribution is -2.36. The van der Waals surface area contributed by atoms with Gasteiger partial charge in [0.1, 0.15) is 5.76 Å². The molecular weight excluding hydrogens is 376 g/mol. The second kappa shape index (κ2) is 10.3. The topological polar surface area (TPSA) is 78.7 Å². The molecule has 3 N–H and O–H groups in total. The summed E-state index contributed by atoms with van der Waals surface area (Å²) >= 11 is 0. The Balaban J connectivity index is 1.52. The van der Waals surface area contributed by atoms with Crippen LogP contribution in [0.4, 0.5) is 0 Å². The maximum absolute atomic E-state index is 12.4. The number of rotatable bonds is 7. The summed E-state index contributed by atoms with van der Waals surface area (Å²) in [5.41, 5.74) is 5.35. The molecule has 30 heavy (non-hydrogen) atoms. The Kier molecular flexibility index (Phi) is 7.27. The van der Waals surface area contributed by atoms with Crippen LogP contribution in [0.25, 0.3) is 0 Å². The monoisotopic (exact) mass is 404 g/mol. The molecule has 2 aromatic carbocycles. The number of aliphatic imine (C=N–C) groups is 1. The number of furan rings is 1. The number of amides is 1. The van der Waals surface area contributed by atoms with E-state index in [0.29, 0.717) is 31.2 Å². The summed E-state index contributed by atoms with van der Waals surface area (Å²) in [7, 11) is 1.75. The molecule has 3 rings (SSSR count). The van der Waals surface area contributed by atoms with E-state index in [0.717, 1.165) is 11.3 Å². The zero-order valence-corrected chi connectivity index (χ0v) is 17.7. The van der Waals surface area contributed by atoms with Crippen molar-refractivity contribution in [3.05, 3.63) is 94.4 Å². The maximum Gasteiger partial charge on any atom is 0.251 e. The van der Waals surface area contributed by atoms with Crippen LogP contribution in [0.1, 0.15) is 38.4 Å². The van der Waals surface area contributed by atoms with E-state index in [4.69, 9.17) is 4.42 Å². The largest absolute Gasteiger partial charge is 0.467 e. The van der Waals surface area contributed by atoms with Crippen molar-refractivity contribution in [1.82, 2.24) is 16.0 Å². The molecule has 0 saturated heterocycles. The molecule has 1 heterocycles. The van der Waals surface area contributed by atoms with Crippen LogP contribution in [0.15, 0.2) is 70.3 Å². The van der Waals surface area contributed by atoms with Crippen molar-refractivity contribution in [3.8, 4) is 0 Å². The average molecular weight is 405 g/mol. The summed E-state index contributed by atoms with van der Waals surface area (Å²) < 4.78 is 5.24. The Hall–Kier alpha value is -3.54. The number of carbonyl (C=O) groups is 1. The van der Waals surface area contributed by atoms with Crippen molar-refractivity contribution in [1.29, 1.82) is 0 Å². The minimum Gasteiger partial charge on any atom is -0.467 e. The van der Waals surface area contributed by atoms with E-state index in [1.54, 1.807) is 25.4 Å². The number of aryl methyl sites for hydroxylation is 2. The van der Waals surface area contributed by atoms with E-state index in [1.807, 2.05) is 24.3 Å². The Morgan fingerprint density at radius 3 is 2.50 bits per heavy atom. The van der Waals surface area contributed by atoms with Gasteiger partial charge in [-0.3, -0.25) is 9.79 Å². The molecule has 0 aliphatic heterocycles. The van der Waals surface area contributed by atoms with Crippen molar-refractivity contribution < 1.29 is 9.21 Å². The van der Waals surface area contributed by atoms with E-state index >= 15 is 0 Å². The van der Waals surface area contributed by atoms with E-state index in [9.17, 15) is 4.79 Å². The van der Waals surface area contributed by atoms with Crippen LogP contribution in [0.5, 0.6) is 0 Å². The smallest absolute Gasteiger partial charge is 0.251 e. The molecule has 1 aromatic heterocycles. The summed E-state index contributed by atoms with van der Waals surface area (Å²) in [6, 6.07) is 17.6. The lowest BCUT2D eigenvalue weighted by molar-refractivity contribution is 0.0948. The van der Waals surface area contributed by atoms with Gasteiger partial charge in [0.2, 0.25) is 0 Å². The number of benzene rings is 2. The third-order valence-electron chi connectivity index (χ3n) is 4.82. The normalized spacial score (nSPS) is 11.2.